The highest BCUT2D eigenvalue weighted by Crippen LogP contribution is 2.31. The number of ether oxygens (including phenoxy) is 1. The van der Waals surface area contributed by atoms with E-state index in [-0.39, 0.29) is 5.91 Å². The van der Waals surface area contributed by atoms with Gasteiger partial charge in [0, 0.05) is 37.2 Å². The number of aromatic nitrogens is 1. The summed E-state index contributed by atoms with van der Waals surface area (Å²) in [5, 5.41) is 3.23. The van der Waals surface area contributed by atoms with Crippen molar-refractivity contribution in [1.29, 1.82) is 0 Å². The van der Waals surface area contributed by atoms with Crippen molar-refractivity contribution in [3.05, 3.63) is 52.0 Å². The number of carbonyl (C=O) groups is 1. The van der Waals surface area contributed by atoms with Crippen molar-refractivity contribution in [2.24, 2.45) is 0 Å². The monoisotopic (exact) mass is 330 g/mol. The number of thiazole rings is 1. The summed E-state index contributed by atoms with van der Waals surface area (Å²) >= 11 is 1.70. The molecule has 0 radical (unpaired) electrons. The predicted octanol–water partition coefficient (Wildman–Crippen LogP) is 3.55. The molecule has 1 saturated heterocycles. The van der Waals surface area contributed by atoms with Crippen molar-refractivity contribution >= 4 is 17.2 Å². The standard InChI is InChI=1S/C18H22N2O2S/c1-13-12-23-17(19-13)15-9-6-10-20(11-15)18(21)16(22-2)14-7-4-3-5-8-14/h3-5,7-8,12,15-16H,6,9-11H2,1-2H3/t15-,16+/m0/s1. The van der Waals surface area contributed by atoms with Crippen LogP contribution in [0.15, 0.2) is 35.7 Å². The average molecular weight is 330 g/mol. The third-order valence-corrected chi connectivity index (χ3v) is 5.41. The minimum absolute atomic E-state index is 0.0525. The maximum absolute atomic E-state index is 12.9. The third kappa shape index (κ3) is 3.62. The van der Waals surface area contributed by atoms with Crippen LogP contribution in [0.25, 0.3) is 0 Å². The van der Waals surface area contributed by atoms with Crippen LogP contribution in [-0.2, 0) is 9.53 Å². The van der Waals surface area contributed by atoms with Gasteiger partial charge in [0.15, 0.2) is 6.10 Å². The molecule has 0 N–H and O–H groups in total. The van der Waals surface area contributed by atoms with Gasteiger partial charge >= 0.3 is 0 Å². The van der Waals surface area contributed by atoms with Crippen LogP contribution in [-0.4, -0.2) is 36.0 Å². The molecule has 2 atom stereocenters. The molecule has 1 aromatic carbocycles. The molecule has 1 aliphatic rings. The molecule has 1 amide bonds. The zero-order chi connectivity index (χ0) is 16.2. The van der Waals surface area contributed by atoms with E-state index in [2.05, 4.69) is 10.4 Å². The lowest BCUT2D eigenvalue weighted by atomic mass is 9.97. The van der Waals surface area contributed by atoms with Crippen molar-refractivity contribution in [3.8, 4) is 0 Å². The van der Waals surface area contributed by atoms with Gasteiger partial charge < -0.3 is 9.64 Å². The van der Waals surface area contributed by atoms with Crippen LogP contribution in [0.5, 0.6) is 0 Å². The van der Waals surface area contributed by atoms with E-state index in [4.69, 9.17) is 4.74 Å². The number of hydrogen-bond acceptors (Lipinski definition) is 4. The Kier molecular flexibility index (Phi) is 5.08. The van der Waals surface area contributed by atoms with Crippen LogP contribution in [0.3, 0.4) is 0 Å². The molecule has 23 heavy (non-hydrogen) atoms. The molecular weight excluding hydrogens is 308 g/mol. The molecule has 0 unspecified atom stereocenters. The fourth-order valence-corrected chi connectivity index (χ4v) is 4.04. The average Bonchev–Trinajstić information content (AvgIpc) is 3.03. The SMILES string of the molecule is CO[C@@H](C(=O)N1CCC[C@H](c2nc(C)cs2)C1)c1ccccc1. The molecule has 4 nitrogen and oxygen atoms in total. The van der Waals surface area contributed by atoms with Crippen LogP contribution in [0.4, 0.5) is 0 Å². The zero-order valence-electron chi connectivity index (χ0n) is 13.6. The number of piperidine rings is 1. The normalized spacial score (nSPS) is 19.6. The van der Waals surface area contributed by atoms with Gasteiger partial charge in [-0.05, 0) is 25.3 Å². The van der Waals surface area contributed by atoms with Gasteiger partial charge in [0.05, 0.1) is 5.01 Å². The Balaban J connectivity index is 1.73. The van der Waals surface area contributed by atoms with E-state index in [0.29, 0.717) is 5.92 Å². The lowest BCUT2D eigenvalue weighted by Crippen LogP contribution is -2.42. The molecule has 1 fully saturated rings. The second-order valence-corrected chi connectivity index (χ2v) is 6.87. The highest BCUT2D eigenvalue weighted by molar-refractivity contribution is 7.09. The first-order chi connectivity index (χ1) is 11.2. The van der Waals surface area contributed by atoms with Crippen LogP contribution >= 0.6 is 11.3 Å². The van der Waals surface area contributed by atoms with E-state index in [0.717, 1.165) is 42.2 Å². The number of likely N-dealkylation sites (tertiary alicyclic amines) is 1. The van der Waals surface area contributed by atoms with Gasteiger partial charge in [-0.2, -0.15) is 0 Å². The maximum atomic E-state index is 12.9. The Hall–Kier alpha value is -1.72. The summed E-state index contributed by atoms with van der Waals surface area (Å²) in [6.07, 6.45) is 1.59. The van der Waals surface area contributed by atoms with Crippen molar-refractivity contribution < 1.29 is 9.53 Å². The van der Waals surface area contributed by atoms with Crippen molar-refractivity contribution in [2.45, 2.75) is 31.8 Å². The second-order valence-electron chi connectivity index (χ2n) is 5.98. The summed E-state index contributed by atoms with van der Waals surface area (Å²) in [5.41, 5.74) is 1.97. The van der Waals surface area contributed by atoms with E-state index < -0.39 is 6.10 Å². The van der Waals surface area contributed by atoms with Crippen LogP contribution < -0.4 is 0 Å². The summed E-state index contributed by atoms with van der Waals surface area (Å²) < 4.78 is 5.49. The number of carbonyl (C=O) groups excluding carboxylic acids is 1. The first-order valence-electron chi connectivity index (χ1n) is 7.97. The van der Waals surface area contributed by atoms with Gasteiger partial charge in [-0.15, -0.1) is 11.3 Å². The smallest absolute Gasteiger partial charge is 0.256 e. The van der Waals surface area contributed by atoms with Gasteiger partial charge in [0.25, 0.3) is 5.91 Å². The van der Waals surface area contributed by atoms with E-state index in [1.807, 2.05) is 42.2 Å². The quantitative estimate of drug-likeness (QED) is 0.861. The minimum atomic E-state index is -0.520. The van der Waals surface area contributed by atoms with Crippen molar-refractivity contribution in [1.82, 2.24) is 9.88 Å². The van der Waals surface area contributed by atoms with Gasteiger partial charge in [-0.25, -0.2) is 4.98 Å². The minimum Gasteiger partial charge on any atom is -0.367 e. The Morgan fingerprint density at radius 3 is 2.83 bits per heavy atom. The molecule has 3 rings (SSSR count). The summed E-state index contributed by atoms with van der Waals surface area (Å²) in [6.45, 7) is 3.55. The Bertz CT molecular complexity index is 656. The second kappa shape index (κ2) is 7.23. The Morgan fingerprint density at radius 1 is 1.39 bits per heavy atom. The van der Waals surface area contributed by atoms with Gasteiger partial charge in [-0.1, -0.05) is 30.3 Å². The number of nitrogens with zero attached hydrogens (tertiary/aromatic N) is 2. The van der Waals surface area contributed by atoms with Gasteiger partial charge in [-0.3, -0.25) is 4.79 Å². The van der Waals surface area contributed by atoms with Crippen LogP contribution in [0.1, 0.15) is 41.1 Å². The summed E-state index contributed by atoms with van der Waals surface area (Å²) in [7, 11) is 1.60. The maximum Gasteiger partial charge on any atom is 0.256 e. The molecule has 2 aromatic rings. The highest BCUT2D eigenvalue weighted by atomic mass is 32.1. The van der Waals surface area contributed by atoms with Crippen molar-refractivity contribution in [2.75, 3.05) is 20.2 Å². The van der Waals surface area contributed by atoms with E-state index in [1.165, 1.54) is 0 Å². The summed E-state index contributed by atoms with van der Waals surface area (Å²) in [6, 6.07) is 9.70. The molecule has 0 bridgehead atoms. The molecule has 0 spiro atoms. The third-order valence-electron chi connectivity index (χ3n) is 4.28. The Labute approximate surface area is 141 Å². The lowest BCUT2D eigenvalue weighted by Gasteiger charge is -2.34. The lowest BCUT2D eigenvalue weighted by molar-refractivity contribution is -0.143. The topological polar surface area (TPSA) is 42.4 Å². The summed E-state index contributed by atoms with van der Waals surface area (Å²) in [5.74, 6) is 0.399. The number of aryl methyl sites for hydroxylation is 1. The summed E-state index contributed by atoms with van der Waals surface area (Å²) in [4.78, 5) is 19.4. The molecule has 2 heterocycles. The first kappa shape index (κ1) is 16.1. The van der Waals surface area contributed by atoms with E-state index >= 15 is 0 Å². The number of hydrogen-bond donors (Lipinski definition) is 0. The molecule has 1 aromatic heterocycles. The largest absolute Gasteiger partial charge is 0.367 e. The fourth-order valence-electron chi connectivity index (χ4n) is 3.11. The molecule has 5 heteroatoms. The number of methoxy groups -OCH3 is 1. The van der Waals surface area contributed by atoms with Crippen molar-refractivity contribution in [3.63, 3.8) is 0 Å². The first-order valence-corrected chi connectivity index (χ1v) is 8.85. The van der Waals surface area contributed by atoms with Gasteiger partial charge in [0.2, 0.25) is 0 Å². The predicted molar refractivity (Wildman–Crippen MR) is 91.6 cm³/mol. The molecule has 122 valence electrons. The molecular formula is C18H22N2O2S. The number of amides is 1. The van der Waals surface area contributed by atoms with E-state index in [9.17, 15) is 4.79 Å². The molecule has 0 saturated carbocycles. The Morgan fingerprint density at radius 2 is 2.17 bits per heavy atom. The highest BCUT2D eigenvalue weighted by Gasteiger charge is 2.31. The van der Waals surface area contributed by atoms with Crippen LogP contribution in [0, 0.1) is 6.92 Å². The van der Waals surface area contributed by atoms with Gasteiger partial charge in [0.1, 0.15) is 0 Å². The van der Waals surface area contributed by atoms with Crippen LogP contribution in [0.2, 0.25) is 0 Å². The molecule has 0 aliphatic carbocycles. The zero-order valence-corrected chi connectivity index (χ0v) is 14.4. The van der Waals surface area contributed by atoms with E-state index in [1.54, 1.807) is 18.4 Å². The molecule has 1 aliphatic heterocycles. The fraction of sp³-hybridized carbons (Fsp3) is 0.444. The number of rotatable bonds is 4. The number of benzene rings is 1.